The summed E-state index contributed by atoms with van der Waals surface area (Å²) in [6.45, 7) is 0.259. The lowest BCUT2D eigenvalue weighted by molar-refractivity contribution is -0.136. The van der Waals surface area contributed by atoms with Crippen LogP contribution in [-0.2, 0) is 21.2 Å². The molecule has 5 nitrogen and oxygen atoms in total. The lowest BCUT2D eigenvalue weighted by Crippen LogP contribution is -2.43. The molecule has 138 valence electrons. The predicted molar refractivity (Wildman–Crippen MR) is 104 cm³/mol. The van der Waals surface area contributed by atoms with Crippen molar-refractivity contribution >= 4 is 31.7 Å². The van der Waals surface area contributed by atoms with Gasteiger partial charge in [0.25, 0.3) is 5.91 Å². The van der Waals surface area contributed by atoms with Gasteiger partial charge in [-0.15, -0.1) is 0 Å². The number of amides is 1. The zero-order chi connectivity index (χ0) is 18.6. The van der Waals surface area contributed by atoms with Gasteiger partial charge in [0.15, 0.2) is 16.4 Å². The molecule has 0 bridgehead atoms. The number of carbonyl (C=O) groups excluding carboxylic acids is 1. The molecule has 1 aliphatic rings. The van der Waals surface area contributed by atoms with Crippen molar-refractivity contribution in [2.45, 2.75) is 19.0 Å². The van der Waals surface area contributed by atoms with E-state index >= 15 is 0 Å². The van der Waals surface area contributed by atoms with E-state index in [1.54, 1.807) is 17.0 Å². The third-order valence-electron chi connectivity index (χ3n) is 4.34. The SMILES string of the molecule is O=C(COc1ccc(Br)cc1)N(Cc1ccccc1)C1CCS(=O)(=O)C1. The van der Waals surface area contributed by atoms with Crippen LogP contribution in [0.1, 0.15) is 12.0 Å². The molecule has 1 unspecified atom stereocenters. The van der Waals surface area contributed by atoms with Crippen molar-refractivity contribution in [1.82, 2.24) is 4.90 Å². The number of benzene rings is 2. The van der Waals surface area contributed by atoms with Crippen LogP contribution in [0.15, 0.2) is 59.1 Å². The molecule has 0 N–H and O–H groups in total. The number of hydrogen-bond donors (Lipinski definition) is 0. The molecule has 1 atom stereocenters. The highest BCUT2D eigenvalue weighted by Crippen LogP contribution is 2.21. The minimum Gasteiger partial charge on any atom is -0.484 e. The Morgan fingerprint density at radius 3 is 2.42 bits per heavy atom. The molecule has 0 aliphatic carbocycles. The fraction of sp³-hybridized carbons (Fsp3) is 0.316. The maximum absolute atomic E-state index is 12.8. The summed E-state index contributed by atoms with van der Waals surface area (Å²) in [6.07, 6.45) is 0.471. The first-order valence-corrected chi connectivity index (χ1v) is 11.0. The van der Waals surface area contributed by atoms with Crippen molar-refractivity contribution in [2.24, 2.45) is 0 Å². The van der Waals surface area contributed by atoms with Gasteiger partial charge in [0.2, 0.25) is 0 Å². The average Bonchev–Trinajstić information content (AvgIpc) is 2.99. The molecular weight excluding hydrogens is 418 g/mol. The fourth-order valence-electron chi connectivity index (χ4n) is 2.98. The van der Waals surface area contributed by atoms with Gasteiger partial charge >= 0.3 is 0 Å². The summed E-state index contributed by atoms with van der Waals surface area (Å²) in [4.78, 5) is 14.4. The second-order valence-electron chi connectivity index (χ2n) is 6.31. The minimum atomic E-state index is -3.08. The molecule has 0 spiro atoms. The number of halogens is 1. The van der Waals surface area contributed by atoms with Crippen LogP contribution in [0.25, 0.3) is 0 Å². The topological polar surface area (TPSA) is 63.7 Å². The van der Waals surface area contributed by atoms with Crippen molar-refractivity contribution < 1.29 is 17.9 Å². The average molecular weight is 438 g/mol. The Bertz CT molecular complexity index is 853. The summed E-state index contributed by atoms with van der Waals surface area (Å²) in [5.74, 6) is 0.535. The van der Waals surface area contributed by atoms with Crippen LogP contribution in [0.3, 0.4) is 0 Å². The lowest BCUT2D eigenvalue weighted by Gasteiger charge is -2.28. The van der Waals surface area contributed by atoms with Crippen LogP contribution in [0, 0.1) is 0 Å². The zero-order valence-corrected chi connectivity index (χ0v) is 16.6. The van der Waals surface area contributed by atoms with Crippen LogP contribution < -0.4 is 4.74 Å². The lowest BCUT2D eigenvalue weighted by atomic mass is 10.1. The Morgan fingerprint density at radius 1 is 1.12 bits per heavy atom. The Morgan fingerprint density at radius 2 is 1.81 bits per heavy atom. The number of hydrogen-bond acceptors (Lipinski definition) is 4. The van der Waals surface area contributed by atoms with E-state index < -0.39 is 9.84 Å². The number of nitrogens with zero attached hydrogens (tertiary/aromatic N) is 1. The summed E-state index contributed by atoms with van der Waals surface area (Å²) in [5.41, 5.74) is 0.966. The molecule has 3 rings (SSSR count). The number of ether oxygens (including phenoxy) is 1. The van der Waals surface area contributed by atoms with Gasteiger partial charge in [-0.05, 0) is 36.2 Å². The summed E-state index contributed by atoms with van der Waals surface area (Å²) in [7, 11) is -3.08. The molecule has 0 aromatic heterocycles. The molecule has 26 heavy (non-hydrogen) atoms. The van der Waals surface area contributed by atoms with Gasteiger partial charge in [0, 0.05) is 17.1 Å². The van der Waals surface area contributed by atoms with E-state index in [1.165, 1.54) is 0 Å². The molecule has 7 heteroatoms. The fourth-order valence-corrected chi connectivity index (χ4v) is 4.98. The maximum atomic E-state index is 12.8. The van der Waals surface area contributed by atoms with Gasteiger partial charge in [0.05, 0.1) is 11.5 Å². The summed E-state index contributed by atoms with van der Waals surface area (Å²) in [5, 5.41) is 0. The van der Waals surface area contributed by atoms with Crippen molar-refractivity contribution in [1.29, 1.82) is 0 Å². The minimum absolute atomic E-state index is 0.0177. The van der Waals surface area contributed by atoms with Gasteiger partial charge < -0.3 is 9.64 Å². The van der Waals surface area contributed by atoms with E-state index in [0.29, 0.717) is 18.7 Å². The normalized spacial score (nSPS) is 18.4. The van der Waals surface area contributed by atoms with E-state index in [2.05, 4.69) is 15.9 Å². The highest BCUT2D eigenvalue weighted by atomic mass is 79.9. The zero-order valence-electron chi connectivity index (χ0n) is 14.2. The van der Waals surface area contributed by atoms with Crippen molar-refractivity contribution in [3.8, 4) is 5.75 Å². The standard InChI is InChI=1S/C19H20BrNO4S/c20-16-6-8-18(9-7-16)25-13-19(22)21(12-15-4-2-1-3-5-15)17-10-11-26(23,24)14-17/h1-9,17H,10-14H2. The summed E-state index contributed by atoms with van der Waals surface area (Å²) < 4.78 is 30.2. The summed E-state index contributed by atoms with van der Waals surface area (Å²) in [6, 6.07) is 16.5. The molecule has 1 fully saturated rings. The third kappa shape index (κ3) is 5.08. The van der Waals surface area contributed by atoms with Crippen molar-refractivity contribution in [3.63, 3.8) is 0 Å². The maximum Gasteiger partial charge on any atom is 0.261 e. The molecule has 1 saturated heterocycles. The largest absolute Gasteiger partial charge is 0.484 e. The van der Waals surface area contributed by atoms with E-state index in [4.69, 9.17) is 4.74 Å². The summed E-state index contributed by atoms with van der Waals surface area (Å²) >= 11 is 3.35. The first-order chi connectivity index (χ1) is 12.4. The predicted octanol–water partition coefficient (Wildman–Crippen LogP) is 3.04. The molecular formula is C19H20BrNO4S. The molecule has 1 heterocycles. The van der Waals surface area contributed by atoms with Crippen LogP contribution in [0.4, 0.5) is 0 Å². The van der Waals surface area contributed by atoms with Gasteiger partial charge in [-0.3, -0.25) is 4.79 Å². The molecule has 0 radical (unpaired) electrons. The Kier molecular flexibility index (Phi) is 5.98. The van der Waals surface area contributed by atoms with Crippen LogP contribution in [0.5, 0.6) is 5.75 Å². The Labute approximate surface area is 162 Å². The quantitative estimate of drug-likeness (QED) is 0.696. The molecule has 0 saturated carbocycles. The van der Waals surface area contributed by atoms with Crippen molar-refractivity contribution in [2.75, 3.05) is 18.1 Å². The van der Waals surface area contributed by atoms with E-state index in [1.807, 2.05) is 42.5 Å². The molecule has 2 aromatic carbocycles. The number of rotatable bonds is 6. The molecule has 1 aliphatic heterocycles. The monoisotopic (exact) mass is 437 g/mol. The van der Waals surface area contributed by atoms with E-state index in [-0.39, 0.29) is 30.1 Å². The van der Waals surface area contributed by atoms with Gasteiger partial charge in [0.1, 0.15) is 5.75 Å². The highest BCUT2D eigenvalue weighted by Gasteiger charge is 2.34. The molecule has 1 amide bonds. The van der Waals surface area contributed by atoms with Crippen LogP contribution in [-0.4, -0.2) is 43.4 Å². The van der Waals surface area contributed by atoms with Gasteiger partial charge in [-0.25, -0.2) is 8.42 Å². The number of sulfone groups is 1. The van der Waals surface area contributed by atoms with Gasteiger partial charge in [-0.1, -0.05) is 46.3 Å². The number of carbonyl (C=O) groups is 1. The smallest absolute Gasteiger partial charge is 0.261 e. The van der Waals surface area contributed by atoms with Gasteiger partial charge in [-0.2, -0.15) is 0 Å². The van der Waals surface area contributed by atoms with Crippen LogP contribution in [0.2, 0.25) is 0 Å². The second kappa shape index (κ2) is 8.22. The third-order valence-corrected chi connectivity index (χ3v) is 6.62. The van der Waals surface area contributed by atoms with E-state index in [0.717, 1.165) is 10.0 Å². The molecule has 2 aromatic rings. The highest BCUT2D eigenvalue weighted by molar-refractivity contribution is 9.10. The second-order valence-corrected chi connectivity index (χ2v) is 9.45. The van der Waals surface area contributed by atoms with Crippen molar-refractivity contribution in [3.05, 3.63) is 64.6 Å². The first kappa shape index (κ1) is 18.9. The Hall–Kier alpha value is -1.86. The first-order valence-electron chi connectivity index (χ1n) is 8.35. The van der Waals surface area contributed by atoms with E-state index in [9.17, 15) is 13.2 Å². The Balaban J connectivity index is 1.71. The van der Waals surface area contributed by atoms with Crippen LogP contribution >= 0.6 is 15.9 Å².